The number of aromatic amines is 1. The Kier molecular flexibility index (Phi) is 6.24. The zero-order valence-electron chi connectivity index (χ0n) is 19.3. The zero-order chi connectivity index (χ0) is 25.8. The number of nitrogens with one attached hydrogen (secondary N) is 1. The first-order chi connectivity index (χ1) is 17.2. The maximum absolute atomic E-state index is 13.7. The normalized spacial score (nSPS) is 21.5. The highest BCUT2D eigenvalue weighted by Crippen LogP contribution is 2.54. The number of carbonyl (C=O) groups excluding carboxylic acids is 2. The summed E-state index contributed by atoms with van der Waals surface area (Å²) in [5, 5.41) is -0.472. The number of carbonyl (C=O) groups is 2. The summed E-state index contributed by atoms with van der Waals surface area (Å²) >= 11 is 2.00. The molecule has 3 atom stereocenters. The van der Waals surface area contributed by atoms with E-state index in [4.69, 9.17) is 0 Å². The van der Waals surface area contributed by atoms with Crippen LogP contribution in [0.15, 0.2) is 58.4 Å². The lowest BCUT2D eigenvalue weighted by Crippen LogP contribution is -2.33. The van der Waals surface area contributed by atoms with Gasteiger partial charge in [0, 0.05) is 29.6 Å². The quantitative estimate of drug-likeness (QED) is 0.462. The number of rotatable bonds is 5. The molecule has 2 aromatic carbocycles. The van der Waals surface area contributed by atoms with Crippen molar-refractivity contribution in [1.29, 1.82) is 0 Å². The number of H-pyrrole nitrogens is 1. The average molecular weight is 534 g/mol. The second-order valence-electron chi connectivity index (χ2n) is 8.54. The van der Waals surface area contributed by atoms with Crippen LogP contribution in [0.4, 0.5) is 24.5 Å². The molecule has 1 aromatic heterocycles. The van der Waals surface area contributed by atoms with Crippen molar-refractivity contribution in [1.82, 2.24) is 4.98 Å². The number of para-hydroxylation sites is 1. The Morgan fingerprint density at radius 2 is 1.64 bits per heavy atom. The number of imide groups is 1. The van der Waals surface area contributed by atoms with E-state index in [1.54, 1.807) is 0 Å². The number of anilines is 2. The third-order valence-electron chi connectivity index (χ3n) is 6.66. The van der Waals surface area contributed by atoms with Crippen LogP contribution in [0.1, 0.15) is 35.8 Å². The van der Waals surface area contributed by atoms with Crippen LogP contribution in [0, 0.1) is 5.92 Å². The molecule has 36 heavy (non-hydrogen) atoms. The fourth-order valence-electron chi connectivity index (χ4n) is 5.00. The minimum absolute atomic E-state index is 0.309. The summed E-state index contributed by atoms with van der Waals surface area (Å²) in [7, 11) is 0. The van der Waals surface area contributed by atoms with E-state index in [0.29, 0.717) is 14.8 Å². The highest BCUT2D eigenvalue weighted by Gasteiger charge is 2.57. The smallest absolute Gasteiger partial charge is 0.372 e. The van der Waals surface area contributed by atoms with Gasteiger partial charge < -0.3 is 9.88 Å². The van der Waals surface area contributed by atoms with E-state index in [1.165, 1.54) is 12.1 Å². The highest BCUT2D eigenvalue weighted by atomic mass is 32.2. The molecule has 2 aliphatic rings. The summed E-state index contributed by atoms with van der Waals surface area (Å²) in [4.78, 5) is 45.3. The van der Waals surface area contributed by atoms with Crippen LogP contribution in [0.5, 0.6) is 0 Å². The molecule has 0 spiro atoms. The van der Waals surface area contributed by atoms with E-state index in [2.05, 4.69) is 9.88 Å². The number of nitrogens with zero attached hydrogens (tertiary/aromatic N) is 2. The predicted molar refractivity (Wildman–Crippen MR) is 134 cm³/mol. The number of thiazole rings is 1. The number of benzene rings is 2. The van der Waals surface area contributed by atoms with Crippen molar-refractivity contribution >= 4 is 46.3 Å². The number of aromatic nitrogens is 1. The van der Waals surface area contributed by atoms with Gasteiger partial charge in [-0.05, 0) is 43.7 Å². The van der Waals surface area contributed by atoms with Gasteiger partial charge in [0.15, 0.2) is 0 Å². The second-order valence-corrected chi connectivity index (χ2v) is 10.7. The Balaban J connectivity index is 1.61. The molecule has 0 aliphatic carbocycles. The van der Waals surface area contributed by atoms with Gasteiger partial charge in [0.1, 0.15) is 5.25 Å². The van der Waals surface area contributed by atoms with Crippen molar-refractivity contribution in [3.63, 3.8) is 0 Å². The molecular weight excluding hydrogens is 511 g/mol. The van der Waals surface area contributed by atoms with Crippen LogP contribution in [-0.2, 0) is 15.8 Å². The van der Waals surface area contributed by atoms with E-state index in [1.807, 2.05) is 38.1 Å². The minimum Gasteiger partial charge on any atom is -0.372 e. The molecule has 3 unspecified atom stereocenters. The number of thioether (sulfide) groups is 1. The van der Waals surface area contributed by atoms with Crippen LogP contribution in [0.3, 0.4) is 0 Å². The molecular formula is C25H22F3N3O3S2. The van der Waals surface area contributed by atoms with Crippen molar-refractivity contribution in [3.05, 3.63) is 74.2 Å². The number of hydrogen-bond donors (Lipinski definition) is 1. The molecule has 2 amide bonds. The zero-order valence-corrected chi connectivity index (χ0v) is 21.0. The van der Waals surface area contributed by atoms with Gasteiger partial charge in [0.2, 0.25) is 11.8 Å². The largest absolute Gasteiger partial charge is 0.418 e. The van der Waals surface area contributed by atoms with Gasteiger partial charge in [-0.3, -0.25) is 14.4 Å². The maximum Gasteiger partial charge on any atom is 0.418 e. The summed E-state index contributed by atoms with van der Waals surface area (Å²) in [6.45, 7) is 5.70. The maximum atomic E-state index is 13.7. The third kappa shape index (κ3) is 3.94. The summed E-state index contributed by atoms with van der Waals surface area (Å²) < 4.78 is 41.2. The Bertz CT molecular complexity index is 1380. The van der Waals surface area contributed by atoms with Crippen molar-refractivity contribution in [2.45, 2.75) is 36.2 Å². The first-order valence-corrected chi connectivity index (χ1v) is 13.1. The van der Waals surface area contributed by atoms with Crippen molar-refractivity contribution in [3.8, 4) is 0 Å². The average Bonchev–Trinajstić information content (AvgIpc) is 3.34. The monoisotopic (exact) mass is 533 g/mol. The van der Waals surface area contributed by atoms with Crippen molar-refractivity contribution in [2.24, 2.45) is 5.92 Å². The van der Waals surface area contributed by atoms with Gasteiger partial charge in [0.25, 0.3) is 0 Å². The number of alkyl halides is 3. The molecule has 188 valence electrons. The van der Waals surface area contributed by atoms with Crippen LogP contribution in [0.2, 0.25) is 0 Å². The SMILES string of the molecule is CCN(CC)c1ccc(C2c3sc(=O)[nH]c3SC3C(=O)N(c4ccccc4C(F)(F)F)C(=O)C32)cc1. The summed E-state index contributed by atoms with van der Waals surface area (Å²) in [6.07, 6.45) is -4.73. The van der Waals surface area contributed by atoms with Crippen LogP contribution < -0.4 is 14.7 Å². The lowest BCUT2D eigenvalue weighted by atomic mass is 9.83. The Morgan fingerprint density at radius 3 is 2.28 bits per heavy atom. The molecule has 1 fully saturated rings. The summed E-state index contributed by atoms with van der Waals surface area (Å²) in [5.74, 6) is -2.99. The molecule has 0 saturated carbocycles. The van der Waals surface area contributed by atoms with Crippen molar-refractivity contribution < 1.29 is 22.8 Å². The first-order valence-electron chi connectivity index (χ1n) is 11.4. The first kappa shape index (κ1) is 24.6. The molecule has 0 radical (unpaired) electrons. The van der Waals surface area contributed by atoms with Gasteiger partial charge in [-0.1, -0.05) is 47.4 Å². The van der Waals surface area contributed by atoms with E-state index < -0.39 is 46.3 Å². The van der Waals surface area contributed by atoms with Gasteiger partial charge in [0.05, 0.1) is 22.2 Å². The van der Waals surface area contributed by atoms with Gasteiger partial charge in [-0.15, -0.1) is 0 Å². The standard InChI is InChI=1S/C25H22F3N3O3S2/c1-3-30(4-2)14-11-9-13(10-12-14)17-18-20(35-21-19(17)36-24(34)29-21)23(33)31(22(18)32)16-8-6-5-7-15(16)25(26,27)28/h5-12,17-18,20H,3-4H2,1-2H3,(H,29,34). The molecule has 1 N–H and O–H groups in total. The van der Waals surface area contributed by atoms with Crippen LogP contribution >= 0.6 is 23.1 Å². The van der Waals surface area contributed by atoms with Crippen LogP contribution in [-0.4, -0.2) is 35.1 Å². The molecule has 11 heteroatoms. The van der Waals surface area contributed by atoms with E-state index >= 15 is 0 Å². The summed E-state index contributed by atoms with van der Waals surface area (Å²) in [5.41, 5.74) is 0.202. The summed E-state index contributed by atoms with van der Waals surface area (Å²) in [6, 6.07) is 12.2. The molecule has 2 aliphatic heterocycles. The van der Waals surface area contributed by atoms with Gasteiger partial charge >= 0.3 is 11.0 Å². The Hall–Kier alpha value is -3.05. The van der Waals surface area contributed by atoms with E-state index in [9.17, 15) is 27.6 Å². The van der Waals surface area contributed by atoms with Gasteiger partial charge in [-0.25, -0.2) is 4.90 Å². The number of amides is 2. The van der Waals surface area contributed by atoms with Crippen LogP contribution in [0.25, 0.3) is 0 Å². The molecule has 6 nitrogen and oxygen atoms in total. The molecule has 1 saturated heterocycles. The third-order valence-corrected chi connectivity index (χ3v) is 9.06. The Morgan fingerprint density at radius 1 is 0.972 bits per heavy atom. The topological polar surface area (TPSA) is 73.5 Å². The predicted octanol–water partition coefficient (Wildman–Crippen LogP) is 5.10. The fourth-order valence-corrected chi connectivity index (χ4v) is 7.52. The Labute approximate surface area is 213 Å². The second kappa shape index (κ2) is 9.11. The fraction of sp³-hybridized carbons (Fsp3) is 0.320. The molecule has 3 aromatic rings. The van der Waals surface area contributed by atoms with Crippen molar-refractivity contribution in [2.75, 3.05) is 22.9 Å². The molecule has 5 rings (SSSR count). The number of fused-ring (bicyclic) bond motifs is 2. The highest BCUT2D eigenvalue weighted by molar-refractivity contribution is 8.00. The number of hydrogen-bond acceptors (Lipinski definition) is 6. The van der Waals surface area contributed by atoms with E-state index in [0.717, 1.165) is 59.6 Å². The molecule has 0 bridgehead atoms. The minimum atomic E-state index is -4.73. The molecule has 3 heterocycles. The lowest BCUT2D eigenvalue weighted by molar-refractivity contribution is -0.137. The van der Waals surface area contributed by atoms with E-state index in [-0.39, 0.29) is 4.87 Å². The lowest BCUT2D eigenvalue weighted by Gasteiger charge is -2.30. The van der Waals surface area contributed by atoms with Gasteiger partial charge in [-0.2, -0.15) is 13.2 Å². The number of halogens is 3.